The Morgan fingerprint density at radius 1 is 1.08 bits per heavy atom. The second-order valence-electron chi connectivity index (χ2n) is 5.25. The summed E-state index contributed by atoms with van der Waals surface area (Å²) < 4.78 is 55.1. The van der Waals surface area contributed by atoms with Crippen LogP contribution in [0.4, 0.5) is 23.2 Å². The van der Waals surface area contributed by atoms with Gasteiger partial charge in [0.05, 0.1) is 12.2 Å². The van der Waals surface area contributed by atoms with E-state index in [4.69, 9.17) is 0 Å². The Labute approximate surface area is 144 Å². The third kappa shape index (κ3) is 3.88. The highest BCUT2D eigenvalue weighted by atomic mass is 19.4. The van der Waals surface area contributed by atoms with Crippen LogP contribution in [0.15, 0.2) is 53.1 Å². The Balaban J connectivity index is 1.68. The van der Waals surface area contributed by atoms with Gasteiger partial charge in [0.1, 0.15) is 5.82 Å². The smallest absolute Gasteiger partial charge is 0.375 e. The van der Waals surface area contributed by atoms with E-state index in [0.29, 0.717) is 5.56 Å². The molecule has 1 heterocycles. The monoisotopic (exact) mass is 365 g/mol. The molecule has 0 aliphatic heterocycles. The lowest BCUT2D eigenvalue weighted by Crippen LogP contribution is -2.14. The number of ketones is 1. The van der Waals surface area contributed by atoms with Crippen LogP contribution in [0.3, 0.4) is 0 Å². The van der Waals surface area contributed by atoms with Gasteiger partial charge in [-0.3, -0.25) is 4.79 Å². The number of nitrogens with one attached hydrogen (secondary N) is 1. The van der Waals surface area contributed by atoms with Crippen LogP contribution < -0.4 is 5.32 Å². The van der Waals surface area contributed by atoms with E-state index in [0.717, 1.165) is 0 Å². The van der Waals surface area contributed by atoms with Gasteiger partial charge in [-0.2, -0.15) is 18.2 Å². The molecule has 0 aliphatic carbocycles. The van der Waals surface area contributed by atoms with Gasteiger partial charge in [0.2, 0.25) is 5.82 Å². The predicted octanol–water partition coefficient (Wildman–Crippen LogP) is 4.19. The normalized spacial score (nSPS) is 11.4. The van der Waals surface area contributed by atoms with E-state index in [1.807, 2.05) is 0 Å². The molecule has 0 radical (unpaired) electrons. The molecule has 0 unspecified atom stereocenters. The molecule has 1 N–H and O–H groups in total. The summed E-state index contributed by atoms with van der Waals surface area (Å²) in [5.74, 6) is -2.47. The van der Waals surface area contributed by atoms with Crippen LogP contribution in [0.5, 0.6) is 0 Å². The van der Waals surface area contributed by atoms with Gasteiger partial charge in [-0.05, 0) is 12.1 Å². The zero-order valence-corrected chi connectivity index (χ0v) is 13.0. The summed E-state index contributed by atoms with van der Waals surface area (Å²) >= 11 is 0. The average Bonchev–Trinajstić information content (AvgIpc) is 3.11. The number of alkyl halides is 3. The minimum Gasteiger partial charge on any atom is -0.375 e. The summed E-state index contributed by atoms with van der Waals surface area (Å²) in [6.45, 7) is -0.138. The number of hydrogen-bond donors (Lipinski definition) is 1. The molecule has 2 aromatic carbocycles. The topological polar surface area (TPSA) is 68.0 Å². The van der Waals surface area contributed by atoms with E-state index in [-0.39, 0.29) is 29.4 Å². The first-order chi connectivity index (χ1) is 12.3. The second-order valence-corrected chi connectivity index (χ2v) is 5.25. The molecular weight excluding hydrogens is 354 g/mol. The molecule has 9 heteroatoms. The maximum atomic E-state index is 13.5. The number of carbonyl (C=O) groups excluding carboxylic acids is 1. The quantitative estimate of drug-likeness (QED) is 0.542. The van der Waals surface area contributed by atoms with E-state index < -0.39 is 17.9 Å². The van der Waals surface area contributed by atoms with Gasteiger partial charge in [-0.25, -0.2) is 4.39 Å². The molecule has 0 aliphatic rings. The van der Waals surface area contributed by atoms with Gasteiger partial charge < -0.3 is 9.84 Å². The van der Waals surface area contributed by atoms with E-state index in [1.165, 1.54) is 42.5 Å². The van der Waals surface area contributed by atoms with Crippen molar-refractivity contribution in [2.24, 2.45) is 0 Å². The summed E-state index contributed by atoms with van der Waals surface area (Å²) in [4.78, 5) is 15.4. The number of Topliss-reactive ketones (excluding diaryl/α,β-unsaturated/α-hetero) is 1. The fourth-order valence-electron chi connectivity index (χ4n) is 2.14. The van der Waals surface area contributed by atoms with Crippen molar-refractivity contribution in [1.29, 1.82) is 0 Å². The molecule has 3 rings (SSSR count). The molecule has 0 saturated heterocycles. The standard InChI is InChI=1S/C17H11F4N3O2/c18-12-3-1-2-4-13(12)22-9-14(25)10-5-7-11(8-6-10)15-23-16(26-24-15)17(19,20)21/h1-8,22H,9H2. The van der Waals surface area contributed by atoms with Gasteiger partial charge in [0, 0.05) is 11.1 Å². The molecule has 0 amide bonds. The highest BCUT2D eigenvalue weighted by molar-refractivity contribution is 5.99. The summed E-state index contributed by atoms with van der Waals surface area (Å²) in [5, 5.41) is 5.96. The first-order valence-electron chi connectivity index (χ1n) is 7.37. The van der Waals surface area contributed by atoms with Crippen LogP contribution in [0, 0.1) is 5.82 Å². The lowest BCUT2D eigenvalue weighted by atomic mass is 10.1. The van der Waals surface area contributed by atoms with Gasteiger partial charge >= 0.3 is 12.1 Å². The number of rotatable bonds is 5. The number of para-hydroxylation sites is 1. The molecule has 5 nitrogen and oxygen atoms in total. The molecule has 0 bridgehead atoms. The first kappa shape index (κ1) is 17.6. The van der Waals surface area contributed by atoms with Crippen molar-refractivity contribution in [3.8, 4) is 11.4 Å². The maximum absolute atomic E-state index is 13.5. The fourth-order valence-corrected chi connectivity index (χ4v) is 2.14. The van der Waals surface area contributed by atoms with Gasteiger partial charge in [0.25, 0.3) is 0 Å². The van der Waals surface area contributed by atoms with Crippen molar-refractivity contribution in [1.82, 2.24) is 10.1 Å². The van der Waals surface area contributed by atoms with Crippen molar-refractivity contribution in [3.63, 3.8) is 0 Å². The second kappa shape index (κ2) is 6.95. The Hall–Kier alpha value is -3.23. The van der Waals surface area contributed by atoms with E-state index in [1.54, 1.807) is 6.07 Å². The molecule has 1 aromatic heterocycles. The lowest BCUT2D eigenvalue weighted by Gasteiger charge is -2.07. The molecule has 0 fully saturated rings. The number of carbonyl (C=O) groups is 1. The summed E-state index contributed by atoms with van der Waals surface area (Å²) in [6.07, 6.45) is -4.72. The van der Waals surface area contributed by atoms with Crippen molar-refractivity contribution in [3.05, 3.63) is 65.8 Å². The molecule has 3 aromatic rings. The Kier molecular flexibility index (Phi) is 4.70. The van der Waals surface area contributed by atoms with E-state index in [9.17, 15) is 22.4 Å². The van der Waals surface area contributed by atoms with E-state index >= 15 is 0 Å². The van der Waals surface area contributed by atoms with Gasteiger partial charge in [-0.1, -0.05) is 41.6 Å². The van der Waals surface area contributed by atoms with Crippen molar-refractivity contribution < 1.29 is 26.9 Å². The third-order valence-corrected chi connectivity index (χ3v) is 3.45. The minimum atomic E-state index is -4.72. The van der Waals surface area contributed by atoms with Crippen LogP contribution in [0.25, 0.3) is 11.4 Å². The molecule has 134 valence electrons. The van der Waals surface area contributed by atoms with Crippen LogP contribution in [0.2, 0.25) is 0 Å². The number of hydrogen-bond acceptors (Lipinski definition) is 5. The van der Waals surface area contributed by atoms with Crippen LogP contribution >= 0.6 is 0 Å². The molecule has 0 atom stereocenters. The average molecular weight is 365 g/mol. The number of aromatic nitrogens is 2. The third-order valence-electron chi connectivity index (χ3n) is 3.45. The van der Waals surface area contributed by atoms with Gasteiger partial charge in [0.15, 0.2) is 5.78 Å². The van der Waals surface area contributed by atoms with Crippen LogP contribution in [0.1, 0.15) is 16.2 Å². The van der Waals surface area contributed by atoms with Crippen molar-refractivity contribution in [2.45, 2.75) is 6.18 Å². The zero-order valence-electron chi connectivity index (χ0n) is 13.0. The summed E-state index contributed by atoms with van der Waals surface area (Å²) in [5.41, 5.74) is 0.768. The fraction of sp³-hybridized carbons (Fsp3) is 0.118. The number of nitrogens with zero attached hydrogens (tertiary/aromatic N) is 2. The Morgan fingerprint density at radius 3 is 2.38 bits per heavy atom. The molecule has 26 heavy (non-hydrogen) atoms. The van der Waals surface area contributed by atoms with E-state index in [2.05, 4.69) is 20.0 Å². The number of anilines is 1. The SMILES string of the molecule is O=C(CNc1ccccc1F)c1ccc(-c2noc(C(F)(F)F)n2)cc1. The summed E-state index contributed by atoms with van der Waals surface area (Å²) in [6, 6.07) is 11.6. The highest BCUT2D eigenvalue weighted by Gasteiger charge is 2.38. The number of benzene rings is 2. The van der Waals surface area contributed by atoms with Crippen molar-refractivity contribution in [2.75, 3.05) is 11.9 Å². The largest absolute Gasteiger partial charge is 0.471 e. The van der Waals surface area contributed by atoms with Crippen LogP contribution in [-0.2, 0) is 6.18 Å². The molecule has 0 saturated carbocycles. The zero-order chi connectivity index (χ0) is 18.7. The Morgan fingerprint density at radius 2 is 1.77 bits per heavy atom. The van der Waals surface area contributed by atoms with Crippen molar-refractivity contribution >= 4 is 11.5 Å². The number of halogens is 4. The summed E-state index contributed by atoms with van der Waals surface area (Å²) in [7, 11) is 0. The Bertz CT molecular complexity index is 920. The van der Waals surface area contributed by atoms with Crippen LogP contribution in [-0.4, -0.2) is 22.5 Å². The predicted molar refractivity (Wildman–Crippen MR) is 84.0 cm³/mol. The highest BCUT2D eigenvalue weighted by Crippen LogP contribution is 2.29. The minimum absolute atomic E-state index is 0.138. The lowest BCUT2D eigenvalue weighted by molar-refractivity contribution is -0.159. The molecule has 0 spiro atoms. The first-order valence-corrected chi connectivity index (χ1v) is 7.37. The molecular formula is C17H11F4N3O2. The van der Waals surface area contributed by atoms with Gasteiger partial charge in [-0.15, -0.1) is 0 Å². The maximum Gasteiger partial charge on any atom is 0.471 e.